The van der Waals surface area contributed by atoms with Gasteiger partial charge in [-0.05, 0) is 18.9 Å². The number of hydrogen-bond acceptors (Lipinski definition) is 3. The highest BCUT2D eigenvalue weighted by Crippen LogP contribution is 2.03. The summed E-state index contributed by atoms with van der Waals surface area (Å²) >= 11 is 0. The summed E-state index contributed by atoms with van der Waals surface area (Å²) in [6.45, 7) is 4.89. The third kappa shape index (κ3) is 6.98. The van der Waals surface area contributed by atoms with E-state index in [0.717, 1.165) is 6.42 Å². The maximum atomic E-state index is 11.3. The third-order valence-corrected chi connectivity index (χ3v) is 3.56. The molecular weight excluding hydrogens is 188 g/mol. The molecule has 1 atom stereocenters. The Morgan fingerprint density at radius 3 is 2.54 bits per heavy atom. The molecule has 3 N–H and O–H groups in total. The van der Waals surface area contributed by atoms with Crippen LogP contribution in [0.15, 0.2) is 0 Å². The molecule has 0 saturated carbocycles. The van der Waals surface area contributed by atoms with Gasteiger partial charge in [-0.2, -0.15) is 0 Å². The topological polar surface area (TPSA) is 72.2 Å². The molecule has 0 heterocycles. The van der Waals surface area contributed by atoms with Crippen molar-refractivity contribution in [3.8, 4) is 0 Å². The summed E-state index contributed by atoms with van der Waals surface area (Å²) in [5, 5.41) is 0. The number of hydrogen-bond donors (Lipinski definition) is 2. The van der Waals surface area contributed by atoms with Crippen molar-refractivity contribution in [3.63, 3.8) is 0 Å². The van der Waals surface area contributed by atoms with Crippen LogP contribution in [0.1, 0.15) is 26.7 Å². The van der Waals surface area contributed by atoms with E-state index in [9.17, 15) is 8.42 Å². The lowest BCUT2D eigenvalue weighted by Crippen LogP contribution is -2.30. The van der Waals surface area contributed by atoms with Crippen LogP contribution < -0.4 is 10.5 Å². The Morgan fingerprint density at radius 1 is 1.46 bits per heavy atom. The van der Waals surface area contributed by atoms with Crippen LogP contribution in [0.5, 0.6) is 0 Å². The van der Waals surface area contributed by atoms with Crippen molar-refractivity contribution in [2.45, 2.75) is 26.7 Å². The first-order valence-electron chi connectivity index (χ1n) is 4.69. The van der Waals surface area contributed by atoms with Crippen molar-refractivity contribution in [3.05, 3.63) is 0 Å². The van der Waals surface area contributed by atoms with Gasteiger partial charge >= 0.3 is 0 Å². The van der Waals surface area contributed by atoms with E-state index >= 15 is 0 Å². The molecule has 0 fully saturated rings. The molecule has 0 radical (unpaired) electrons. The number of nitrogens with one attached hydrogen (secondary N) is 1. The van der Waals surface area contributed by atoms with Crippen LogP contribution in [-0.2, 0) is 10.0 Å². The van der Waals surface area contributed by atoms with E-state index in [2.05, 4.69) is 4.72 Å². The summed E-state index contributed by atoms with van der Waals surface area (Å²) in [7, 11) is -3.07. The van der Waals surface area contributed by atoms with E-state index in [1.54, 1.807) is 0 Å². The molecule has 0 bridgehead atoms. The van der Waals surface area contributed by atoms with Crippen molar-refractivity contribution >= 4 is 10.0 Å². The Morgan fingerprint density at radius 2 is 2.08 bits per heavy atom. The quantitative estimate of drug-likeness (QED) is 0.591. The maximum Gasteiger partial charge on any atom is 0.211 e. The van der Waals surface area contributed by atoms with Crippen molar-refractivity contribution in [1.82, 2.24) is 4.72 Å². The molecule has 0 aromatic carbocycles. The summed E-state index contributed by atoms with van der Waals surface area (Å²) in [4.78, 5) is 0. The van der Waals surface area contributed by atoms with Gasteiger partial charge in [-0.25, -0.2) is 13.1 Å². The summed E-state index contributed by atoms with van der Waals surface area (Å²) in [5.74, 6) is 0.434. The molecule has 4 nitrogen and oxygen atoms in total. The van der Waals surface area contributed by atoms with Crippen molar-refractivity contribution in [2.24, 2.45) is 11.7 Å². The Balaban J connectivity index is 3.81. The fourth-order valence-electron chi connectivity index (χ4n) is 0.881. The van der Waals surface area contributed by atoms with E-state index in [1.165, 1.54) is 0 Å². The molecule has 0 aliphatic heterocycles. The highest BCUT2D eigenvalue weighted by atomic mass is 32.2. The molecule has 0 aromatic rings. The first kappa shape index (κ1) is 12.9. The Labute approximate surface area is 80.9 Å². The van der Waals surface area contributed by atoms with Gasteiger partial charge in [0.1, 0.15) is 0 Å². The minimum absolute atomic E-state index is 0.216. The highest BCUT2D eigenvalue weighted by Gasteiger charge is 2.12. The third-order valence-electron chi connectivity index (χ3n) is 1.90. The summed E-state index contributed by atoms with van der Waals surface area (Å²) in [6.07, 6.45) is 1.58. The maximum absolute atomic E-state index is 11.3. The second kappa shape index (κ2) is 6.34. The van der Waals surface area contributed by atoms with Gasteiger partial charge in [0, 0.05) is 6.54 Å². The zero-order valence-electron chi connectivity index (χ0n) is 8.41. The van der Waals surface area contributed by atoms with E-state index in [0.29, 0.717) is 19.5 Å². The van der Waals surface area contributed by atoms with E-state index in [4.69, 9.17) is 5.73 Å². The van der Waals surface area contributed by atoms with Crippen molar-refractivity contribution < 1.29 is 8.42 Å². The lowest BCUT2D eigenvalue weighted by molar-refractivity contribution is 0.551. The molecule has 0 unspecified atom stereocenters. The minimum atomic E-state index is -3.07. The largest absolute Gasteiger partial charge is 0.330 e. The van der Waals surface area contributed by atoms with Gasteiger partial charge < -0.3 is 5.73 Å². The molecular formula is C8H20N2O2S. The zero-order valence-corrected chi connectivity index (χ0v) is 9.23. The molecule has 13 heavy (non-hydrogen) atoms. The second-order valence-electron chi connectivity index (χ2n) is 3.33. The summed E-state index contributed by atoms with van der Waals surface area (Å²) < 4.78 is 25.2. The fraction of sp³-hybridized carbons (Fsp3) is 1.00. The standard InChI is InChI=1S/C8H20N2O2S/c1-3-8(2)7-13(11,12)10-6-4-5-9/h8,10H,3-7,9H2,1-2H3/t8-/m0/s1. The molecule has 0 rings (SSSR count). The molecule has 0 aliphatic carbocycles. The molecule has 0 spiro atoms. The van der Waals surface area contributed by atoms with E-state index < -0.39 is 10.0 Å². The Kier molecular flexibility index (Phi) is 6.28. The smallest absolute Gasteiger partial charge is 0.211 e. The van der Waals surface area contributed by atoms with Crippen LogP contribution >= 0.6 is 0 Å². The molecule has 0 aliphatic rings. The van der Waals surface area contributed by atoms with Crippen molar-refractivity contribution in [2.75, 3.05) is 18.8 Å². The first-order chi connectivity index (χ1) is 6.02. The lowest BCUT2D eigenvalue weighted by atomic mass is 10.2. The normalized spacial score (nSPS) is 14.4. The lowest BCUT2D eigenvalue weighted by Gasteiger charge is -2.09. The predicted octanol–water partition coefficient (Wildman–Crippen LogP) is 0.301. The summed E-state index contributed by atoms with van der Waals surface area (Å²) in [6, 6.07) is 0. The SMILES string of the molecule is CC[C@H](C)CS(=O)(=O)NCCCN. The van der Waals surface area contributed by atoms with Crippen LogP contribution in [0.4, 0.5) is 0 Å². The summed E-state index contributed by atoms with van der Waals surface area (Å²) in [5.41, 5.74) is 5.25. The molecule has 80 valence electrons. The predicted molar refractivity (Wildman–Crippen MR) is 54.9 cm³/mol. The molecule has 0 aromatic heterocycles. The van der Waals surface area contributed by atoms with E-state index in [-0.39, 0.29) is 11.7 Å². The minimum Gasteiger partial charge on any atom is -0.330 e. The van der Waals surface area contributed by atoms with Crippen LogP contribution in [-0.4, -0.2) is 27.3 Å². The average Bonchev–Trinajstić information content (AvgIpc) is 2.03. The van der Waals surface area contributed by atoms with Crippen molar-refractivity contribution in [1.29, 1.82) is 0 Å². The van der Waals surface area contributed by atoms with Gasteiger partial charge in [-0.3, -0.25) is 0 Å². The molecule has 0 saturated heterocycles. The number of nitrogens with two attached hydrogens (primary N) is 1. The zero-order chi connectivity index (χ0) is 10.3. The number of sulfonamides is 1. The van der Waals surface area contributed by atoms with Gasteiger partial charge in [-0.1, -0.05) is 20.3 Å². The second-order valence-corrected chi connectivity index (χ2v) is 5.18. The van der Waals surface area contributed by atoms with Gasteiger partial charge in [0.2, 0.25) is 10.0 Å². The number of rotatable bonds is 7. The van der Waals surface area contributed by atoms with Gasteiger partial charge in [0.15, 0.2) is 0 Å². The van der Waals surface area contributed by atoms with Gasteiger partial charge in [0.25, 0.3) is 0 Å². The average molecular weight is 208 g/mol. The highest BCUT2D eigenvalue weighted by molar-refractivity contribution is 7.89. The van der Waals surface area contributed by atoms with Crippen LogP contribution in [0, 0.1) is 5.92 Å². The molecule has 0 amide bonds. The first-order valence-corrected chi connectivity index (χ1v) is 6.34. The van der Waals surface area contributed by atoms with Gasteiger partial charge in [0.05, 0.1) is 5.75 Å². The van der Waals surface area contributed by atoms with Crippen LogP contribution in [0.3, 0.4) is 0 Å². The molecule has 5 heteroatoms. The Bertz CT molecular complexity index is 214. The Hall–Kier alpha value is -0.130. The van der Waals surface area contributed by atoms with Gasteiger partial charge in [-0.15, -0.1) is 0 Å². The van der Waals surface area contributed by atoms with Crippen LogP contribution in [0.2, 0.25) is 0 Å². The monoisotopic (exact) mass is 208 g/mol. The van der Waals surface area contributed by atoms with E-state index in [1.807, 2.05) is 13.8 Å². The van der Waals surface area contributed by atoms with Crippen LogP contribution in [0.25, 0.3) is 0 Å². The fourth-order valence-corrected chi connectivity index (χ4v) is 2.44.